The molecule has 4 aromatic rings. The lowest BCUT2D eigenvalue weighted by Gasteiger charge is -2.03. The number of hydrogen-bond acceptors (Lipinski definition) is 4. The van der Waals surface area contributed by atoms with Crippen molar-refractivity contribution in [2.45, 2.75) is 10.8 Å². The summed E-state index contributed by atoms with van der Waals surface area (Å²) in [6.45, 7) is 3.79. The Bertz CT molecular complexity index is 1090. The molecule has 4 rings (SSSR count). The van der Waals surface area contributed by atoms with E-state index >= 15 is 0 Å². The van der Waals surface area contributed by atoms with Crippen molar-refractivity contribution in [1.82, 2.24) is 14.6 Å². The molecule has 0 aliphatic rings. The molecule has 134 valence electrons. The smallest absolute Gasteiger partial charge is 0.122 e. The molecule has 5 heteroatoms. The molecular formula is C22H19N3OS. The van der Waals surface area contributed by atoms with Gasteiger partial charge >= 0.3 is 0 Å². The van der Waals surface area contributed by atoms with Crippen LogP contribution in [0.5, 0.6) is 5.75 Å². The summed E-state index contributed by atoms with van der Waals surface area (Å²) < 4.78 is 7.20. The van der Waals surface area contributed by atoms with Gasteiger partial charge in [-0.15, -0.1) is 0 Å². The van der Waals surface area contributed by atoms with E-state index in [1.54, 1.807) is 25.1 Å². The fraction of sp³-hybridized carbons (Fsp3) is 0.0909. The van der Waals surface area contributed by atoms with Gasteiger partial charge in [0.2, 0.25) is 0 Å². The maximum Gasteiger partial charge on any atom is 0.122 e. The zero-order valence-electron chi connectivity index (χ0n) is 15.0. The average Bonchev–Trinajstić information content (AvgIpc) is 3.17. The van der Waals surface area contributed by atoms with Crippen molar-refractivity contribution in [3.8, 4) is 17.0 Å². The quantitative estimate of drug-likeness (QED) is 0.428. The Kier molecular flexibility index (Phi) is 4.94. The van der Waals surface area contributed by atoms with E-state index in [1.807, 2.05) is 41.1 Å². The molecular weight excluding hydrogens is 354 g/mol. The third kappa shape index (κ3) is 3.73. The van der Waals surface area contributed by atoms with Crippen LogP contribution in [0.25, 0.3) is 22.9 Å². The Morgan fingerprint density at radius 1 is 1.15 bits per heavy atom. The van der Waals surface area contributed by atoms with Crippen molar-refractivity contribution in [2.75, 3.05) is 7.11 Å². The van der Waals surface area contributed by atoms with Gasteiger partial charge in [0.05, 0.1) is 18.3 Å². The molecule has 0 aliphatic carbocycles. The Morgan fingerprint density at radius 2 is 2.00 bits per heavy atom. The van der Waals surface area contributed by atoms with E-state index in [0.717, 1.165) is 38.9 Å². The number of rotatable bonds is 6. The second-order valence-electron chi connectivity index (χ2n) is 6.06. The van der Waals surface area contributed by atoms with Crippen molar-refractivity contribution >= 4 is 23.4 Å². The molecule has 2 aromatic heterocycles. The number of aromatic nitrogens is 3. The van der Waals surface area contributed by atoms with Gasteiger partial charge in [-0.25, -0.2) is 9.50 Å². The molecule has 0 radical (unpaired) electrons. The number of benzene rings is 2. The van der Waals surface area contributed by atoms with Crippen LogP contribution in [-0.4, -0.2) is 21.7 Å². The van der Waals surface area contributed by atoms with Gasteiger partial charge in [-0.2, -0.15) is 5.10 Å². The minimum atomic E-state index is 0.820. The minimum absolute atomic E-state index is 0.820. The Hall–Kier alpha value is -3.05. The first-order valence-corrected chi connectivity index (χ1v) is 9.58. The number of methoxy groups -OCH3 is 1. The monoisotopic (exact) mass is 373 g/mol. The number of fused-ring (bicyclic) bond motifs is 1. The van der Waals surface area contributed by atoms with Gasteiger partial charge in [0.1, 0.15) is 10.8 Å². The van der Waals surface area contributed by atoms with Gasteiger partial charge in [-0.05, 0) is 29.3 Å². The van der Waals surface area contributed by atoms with Gasteiger partial charge in [0.25, 0.3) is 0 Å². The largest absolute Gasteiger partial charge is 0.497 e. The third-order valence-electron chi connectivity index (χ3n) is 4.31. The predicted octanol–water partition coefficient (Wildman–Crippen LogP) is 5.34. The summed E-state index contributed by atoms with van der Waals surface area (Å²) in [5.41, 5.74) is 5.31. The van der Waals surface area contributed by atoms with E-state index < -0.39 is 0 Å². The molecule has 27 heavy (non-hydrogen) atoms. The normalized spacial score (nSPS) is 10.9. The van der Waals surface area contributed by atoms with Crippen molar-refractivity contribution < 1.29 is 4.74 Å². The Balaban J connectivity index is 1.61. The van der Waals surface area contributed by atoms with Crippen molar-refractivity contribution in [1.29, 1.82) is 0 Å². The van der Waals surface area contributed by atoms with E-state index in [2.05, 4.69) is 41.9 Å². The van der Waals surface area contributed by atoms with Crippen molar-refractivity contribution in [3.63, 3.8) is 0 Å². The van der Waals surface area contributed by atoms with Crippen LogP contribution in [-0.2, 0) is 5.75 Å². The molecule has 4 nitrogen and oxygen atoms in total. The summed E-state index contributed by atoms with van der Waals surface area (Å²) in [5.74, 6) is 1.67. The van der Waals surface area contributed by atoms with E-state index in [-0.39, 0.29) is 0 Å². The highest BCUT2D eigenvalue weighted by molar-refractivity contribution is 7.98. The standard InChI is InChI=1S/C22H19N3OS/c1-3-16-7-9-17(10-8-16)15-27-22-21-14-20(24-25(21)12-11-23-22)18-5-4-6-19(13-18)26-2/h3-14H,1,15H2,2H3. The van der Waals surface area contributed by atoms with Crippen molar-refractivity contribution in [2.24, 2.45) is 0 Å². The van der Waals surface area contributed by atoms with Gasteiger partial charge in [0, 0.05) is 23.7 Å². The Labute approximate surface area is 162 Å². The number of thioether (sulfide) groups is 1. The topological polar surface area (TPSA) is 39.4 Å². The summed E-state index contributed by atoms with van der Waals surface area (Å²) in [4.78, 5) is 4.56. The van der Waals surface area contributed by atoms with Gasteiger partial charge in [-0.1, -0.05) is 60.8 Å². The number of nitrogens with zero attached hydrogens (tertiary/aromatic N) is 3. The molecule has 0 saturated carbocycles. The van der Waals surface area contributed by atoms with Crippen LogP contribution < -0.4 is 4.74 Å². The molecule has 0 fully saturated rings. The van der Waals surface area contributed by atoms with Gasteiger partial charge in [0.15, 0.2) is 0 Å². The van der Waals surface area contributed by atoms with Crippen LogP contribution >= 0.6 is 11.8 Å². The zero-order chi connectivity index (χ0) is 18.6. The highest BCUT2D eigenvalue weighted by atomic mass is 32.2. The van der Waals surface area contributed by atoms with Crippen LogP contribution in [0.2, 0.25) is 0 Å². The van der Waals surface area contributed by atoms with Crippen molar-refractivity contribution in [3.05, 3.63) is 84.7 Å². The van der Waals surface area contributed by atoms with Crippen LogP contribution in [0.1, 0.15) is 11.1 Å². The van der Waals surface area contributed by atoms with E-state index in [0.29, 0.717) is 0 Å². The summed E-state index contributed by atoms with van der Waals surface area (Å²) in [5, 5.41) is 5.66. The van der Waals surface area contributed by atoms with E-state index in [4.69, 9.17) is 9.84 Å². The molecule has 0 unspecified atom stereocenters. The highest BCUT2D eigenvalue weighted by Gasteiger charge is 2.10. The number of hydrogen-bond donors (Lipinski definition) is 0. The maximum absolute atomic E-state index is 5.32. The zero-order valence-corrected chi connectivity index (χ0v) is 15.8. The average molecular weight is 373 g/mol. The molecule has 2 heterocycles. The van der Waals surface area contributed by atoms with Gasteiger partial charge in [-0.3, -0.25) is 0 Å². The van der Waals surface area contributed by atoms with Crippen LogP contribution in [0.4, 0.5) is 0 Å². The molecule has 0 bridgehead atoms. The maximum atomic E-state index is 5.32. The summed E-state index contributed by atoms with van der Waals surface area (Å²) >= 11 is 1.71. The molecule has 0 aliphatic heterocycles. The molecule has 0 amide bonds. The second-order valence-corrected chi connectivity index (χ2v) is 7.02. The molecule has 0 saturated heterocycles. The van der Waals surface area contributed by atoms with Crippen LogP contribution in [0.3, 0.4) is 0 Å². The van der Waals surface area contributed by atoms with Crippen LogP contribution in [0, 0.1) is 0 Å². The summed E-state index contributed by atoms with van der Waals surface area (Å²) in [6, 6.07) is 18.4. The lowest BCUT2D eigenvalue weighted by Crippen LogP contribution is -1.91. The SMILES string of the molecule is C=Cc1ccc(CSc2nccn3nc(-c4cccc(OC)c4)cc23)cc1. The van der Waals surface area contributed by atoms with E-state index in [9.17, 15) is 0 Å². The highest BCUT2D eigenvalue weighted by Crippen LogP contribution is 2.29. The second kappa shape index (κ2) is 7.68. The first kappa shape index (κ1) is 17.4. The lowest BCUT2D eigenvalue weighted by molar-refractivity contribution is 0.415. The minimum Gasteiger partial charge on any atom is -0.497 e. The first-order valence-electron chi connectivity index (χ1n) is 8.60. The summed E-state index contributed by atoms with van der Waals surface area (Å²) in [7, 11) is 1.67. The molecule has 0 spiro atoms. The fourth-order valence-corrected chi connectivity index (χ4v) is 3.77. The first-order chi connectivity index (χ1) is 13.3. The number of ether oxygens (including phenoxy) is 1. The lowest BCUT2D eigenvalue weighted by atomic mass is 10.1. The molecule has 0 N–H and O–H groups in total. The fourth-order valence-electron chi connectivity index (χ4n) is 2.83. The third-order valence-corrected chi connectivity index (χ3v) is 5.38. The summed E-state index contributed by atoms with van der Waals surface area (Å²) in [6.07, 6.45) is 5.52. The van der Waals surface area contributed by atoms with Crippen LogP contribution in [0.15, 0.2) is 78.6 Å². The Morgan fingerprint density at radius 3 is 2.78 bits per heavy atom. The molecule has 0 atom stereocenters. The van der Waals surface area contributed by atoms with Gasteiger partial charge < -0.3 is 4.74 Å². The van der Waals surface area contributed by atoms with E-state index in [1.165, 1.54) is 5.56 Å². The predicted molar refractivity (Wildman–Crippen MR) is 111 cm³/mol. The molecule has 2 aromatic carbocycles.